The van der Waals surface area contributed by atoms with Crippen molar-refractivity contribution in [1.82, 2.24) is 0 Å². The molecule has 38 heavy (non-hydrogen) atoms. The first-order valence-electron chi connectivity index (χ1n) is 11.7. The van der Waals surface area contributed by atoms with E-state index in [2.05, 4.69) is 0 Å². The molecular weight excluding hydrogens is 539 g/mol. The Kier molecular flexibility index (Phi) is 10.0. The highest BCUT2D eigenvalue weighted by molar-refractivity contribution is 6.33. The quantitative estimate of drug-likeness (QED) is 0.319. The zero-order chi connectivity index (χ0) is 27.8. The molecule has 0 saturated heterocycles. The van der Waals surface area contributed by atoms with Gasteiger partial charge < -0.3 is 29.2 Å². The van der Waals surface area contributed by atoms with Crippen molar-refractivity contribution in [1.29, 1.82) is 0 Å². The summed E-state index contributed by atoms with van der Waals surface area (Å²) in [4.78, 5) is 34.9. The Labute approximate surface area is 229 Å². The highest BCUT2D eigenvalue weighted by atomic mass is 35.5. The number of rotatable bonds is 12. The zero-order valence-corrected chi connectivity index (χ0v) is 22.2. The van der Waals surface area contributed by atoms with Crippen LogP contribution >= 0.6 is 23.2 Å². The molecule has 0 heterocycles. The van der Waals surface area contributed by atoms with Gasteiger partial charge in [-0.05, 0) is 74.2 Å². The fourth-order valence-electron chi connectivity index (χ4n) is 3.80. The fourth-order valence-corrected chi connectivity index (χ4v) is 4.34. The number of Topliss-reactive ketones (excluding diaryl/α,β-unsaturated/α-hetero) is 1. The first-order valence-corrected chi connectivity index (χ1v) is 12.5. The average Bonchev–Trinajstić information content (AvgIpc) is 3.16. The summed E-state index contributed by atoms with van der Waals surface area (Å²) in [5.41, 5.74) is 2.33. The van der Waals surface area contributed by atoms with Crippen molar-refractivity contribution < 1.29 is 43.5 Å². The van der Waals surface area contributed by atoms with Crippen molar-refractivity contribution >= 4 is 53.1 Å². The van der Waals surface area contributed by atoms with E-state index in [-0.39, 0.29) is 38.8 Å². The third kappa shape index (κ3) is 7.43. The van der Waals surface area contributed by atoms with Crippen LogP contribution in [0.1, 0.15) is 37.8 Å². The third-order valence-corrected chi connectivity index (χ3v) is 5.83. The highest BCUT2D eigenvalue weighted by Gasteiger charge is 2.24. The second-order valence-corrected chi connectivity index (χ2v) is 8.87. The van der Waals surface area contributed by atoms with E-state index in [1.54, 1.807) is 50.3 Å². The molecule has 0 unspecified atom stereocenters. The molecule has 3 rings (SSSR count). The topological polar surface area (TPSA) is 129 Å². The first kappa shape index (κ1) is 28.9. The normalized spacial score (nSPS) is 15.1. The SMILES string of the molecule is CCOc1cc(/C=C2\CC/C(=C\c3cc(Cl)c(OCC(=O)O)c(OCC)c3)C2=O)cc(Cl)c1OCC(=O)O. The predicted molar refractivity (Wildman–Crippen MR) is 142 cm³/mol. The number of carboxylic acids is 2. The number of halogens is 2. The number of ketones is 1. The van der Waals surface area contributed by atoms with Gasteiger partial charge in [0.05, 0.1) is 23.3 Å². The largest absolute Gasteiger partial charge is 0.490 e. The van der Waals surface area contributed by atoms with Gasteiger partial charge in [0.25, 0.3) is 0 Å². The average molecular weight is 565 g/mol. The van der Waals surface area contributed by atoms with Crippen molar-refractivity contribution in [2.45, 2.75) is 26.7 Å². The monoisotopic (exact) mass is 564 g/mol. The molecule has 1 fully saturated rings. The van der Waals surface area contributed by atoms with Gasteiger partial charge in [0.2, 0.25) is 0 Å². The van der Waals surface area contributed by atoms with Crippen LogP contribution in [-0.2, 0) is 14.4 Å². The highest BCUT2D eigenvalue weighted by Crippen LogP contribution is 2.40. The van der Waals surface area contributed by atoms with Gasteiger partial charge in [0.1, 0.15) is 0 Å². The fraction of sp³-hybridized carbons (Fsp3) is 0.296. The van der Waals surface area contributed by atoms with Gasteiger partial charge in [0.15, 0.2) is 42.0 Å². The van der Waals surface area contributed by atoms with Crippen LogP contribution in [0.25, 0.3) is 12.2 Å². The van der Waals surface area contributed by atoms with Gasteiger partial charge in [-0.3, -0.25) is 4.79 Å². The molecule has 0 radical (unpaired) electrons. The predicted octanol–water partition coefficient (Wildman–Crippen LogP) is 5.55. The minimum absolute atomic E-state index is 0.120. The summed E-state index contributed by atoms with van der Waals surface area (Å²) in [6, 6.07) is 6.43. The van der Waals surface area contributed by atoms with E-state index in [1.165, 1.54) is 0 Å². The molecule has 0 atom stereocenters. The molecule has 0 aromatic heterocycles. The minimum atomic E-state index is -1.15. The van der Waals surface area contributed by atoms with Gasteiger partial charge in [-0.25, -0.2) is 9.59 Å². The van der Waals surface area contributed by atoms with Gasteiger partial charge in [-0.1, -0.05) is 23.2 Å². The van der Waals surface area contributed by atoms with E-state index in [1.807, 2.05) is 0 Å². The summed E-state index contributed by atoms with van der Waals surface area (Å²) < 4.78 is 21.7. The van der Waals surface area contributed by atoms with Crippen LogP contribution < -0.4 is 18.9 Å². The van der Waals surface area contributed by atoms with Crippen LogP contribution in [0, 0.1) is 0 Å². The third-order valence-electron chi connectivity index (χ3n) is 5.27. The Balaban J connectivity index is 1.88. The number of carboxylic acid groups (broad SMARTS) is 2. The van der Waals surface area contributed by atoms with E-state index in [9.17, 15) is 14.4 Å². The van der Waals surface area contributed by atoms with E-state index >= 15 is 0 Å². The minimum Gasteiger partial charge on any atom is -0.490 e. The number of hydrogen-bond acceptors (Lipinski definition) is 7. The van der Waals surface area contributed by atoms with Crippen molar-refractivity contribution in [3.8, 4) is 23.0 Å². The number of benzene rings is 2. The maximum Gasteiger partial charge on any atom is 0.341 e. The van der Waals surface area contributed by atoms with Crippen LogP contribution in [-0.4, -0.2) is 54.4 Å². The molecule has 0 bridgehead atoms. The van der Waals surface area contributed by atoms with Gasteiger partial charge in [0, 0.05) is 11.1 Å². The molecule has 2 aromatic carbocycles. The molecule has 1 aliphatic carbocycles. The number of ether oxygens (including phenoxy) is 4. The van der Waals surface area contributed by atoms with Crippen LogP contribution in [0.4, 0.5) is 0 Å². The van der Waals surface area contributed by atoms with E-state index < -0.39 is 25.2 Å². The number of aliphatic carboxylic acids is 2. The van der Waals surface area contributed by atoms with Gasteiger partial charge >= 0.3 is 11.9 Å². The Bertz CT molecular complexity index is 1200. The van der Waals surface area contributed by atoms with Crippen LogP contribution in [0.2, 0.25) is 10.0 Å². The maximum atomic E-state index is 13.1. The summed E-state index contributed by atoms with van der Waals surface area (Å²) in [5.74, 6) is -1.66. The first-order chi connectivity index (χ1) is 18.1. The molecule has 1 saturated carbocycles. The molecule has 0 aliphatic heterocycles. The Morgan fingerprint density at radius 3 is 1.50 bits per heavy atom. The lowest BCUT2D eigenvalue weighted by Gasteiger charge is -2.13. The van der Waals surface area contributed by atoms with Crippen molar-refractivity contribution in [3.05, 3.63) is 56.6 Å². The number of carbonyl (C=O) groups excluding carboxylic acids is 1. The lowest BCUT2D eigenvalue weighted by molar-refractivity contribution is -0.140. The van der Waals surface area contributed by atoms with Crippen LogP contribution in [0.15, 0.2) is 35.4 Å². The summed E-state index contributed by atoms with van der Waals surface area (Å²) in [7, 11) is 0. The molecule has 0 amide bonds. The van der Waals surface area contributed by atoms with Crippen LogP contribution in [0.5, 0.6) is 23.0 Å². The second kappa shape index (κ2) is 13.2. The molecule has 2 N–H and O–H groups in total. The standard InChI is InChI=1S/C27H26Cl2O9/c1-3-35-21-11-15(9-19(28)26(21)37-13-23(30)31)7-17-5-6-18(25(17)34)8-16-10-20(29)27(38-14-24(32)33)22(12-16)36-4-2/h7-12H,3-6,13-14H2,1-2H3,(H,30,31)(H,32,33)/b17-7+,18-8+. The molecule has 1 aliphatic rings. The second-order valence-electron chi connectivity index (χ2n) is 8.06. The Morgan fingerprint density at radius 1 is 0.763 bits per heavy atom. The molecule has 2 aromatic rings. The summed E-state index contributed by atoms with van der Waals surface area (Å²) >= 11 is 12.7. The van der Waals surface area contributed by atoms with Crippen LogP contribution in [0.3, 0.4) is 0 Å². The van der Waals surface area contributed by atoms with Crippen molar-refractivity contribution in [2.24, 2.45) is 0 Å². The summed E-state index contributed by atoms with van der Waals surface area (Å²) in [6.45, 7) is 3.00. The number of hydrogen-bond donors (Lipinski definition) is 2. The van der Waals surface area contributed by atoms with E-state index in [0.717, 1.165) is 0 Å². The Morgan fingerprint density at radius 2 is 1.16 bits per heavy atom. The van der Waals surface area contributed by atoms with E-state index in [4.69, 9.17) is 52.4 Å². The molecule has 11 heteroatoms. The Hall–Kier alpha value is -3.69. The van der Waals surface area contributed by atoms with Crippen molar-refractivity contribution in [2.75, 3.05) is 26.4 Å². The number of allylic oxidation sites excluding steroid dienone is 2. The summed E-state index contributed by atoms with van der Waals surface area (Å²) in [6.07, 6.45) is 4.41. The lowest BCUT2D eigenvalue weighted by atomic mass is 10.1. The molecule has 202 valence electrons. The smallest absolute Gasteiger partial charge is 0.341 e. The molecule has 0 spiro atoms. The van der Waals surface area contributed by atoms with Gasteiger partial charge in [-0.2, -0.15) is 0 Å². The van der Waals surface area contributed by atoms with Gasteiger partial charge in [-0.15, -0.1) is 0 Å². The maximum absolute atomic E-state index is 13.1. The molecule has 9 nitrogen and oxygen atoms in total. The molecular formula is C27H26Cl2O9. The summed E-state index contributed by atoms with van der Waals surface area (Å²) in [5, 5.41) is 18.1. The van der Waals surface area contributed by atoms with Crippen molar-refractivity contribution in [3.63, 3.8) is 0 Å². The van der Waals surface area contributed by atoms with E-state index in [0.29, 0.717) is 48.3 Å². The lowest BCUT2D eigenvalue weighted by Crippen LogP contribution is -2.10. The zero-order valence-electron chi connectivity index (χ0n) is 20.7. The number of carbonyl (C=O) groups is 3.